The van der Waals surface area contributed by atoms with Crippen LogP contribution in [0.1, 0.15) is 29.8 Å². The van der Waals surface area contributed by atoms with Gasteiger partial charge >= 0.3 is 6.09 Å². The Labute approximate surface area is 163 Å². The van der Waals surface area contributed by atoms with Gasteiger partial charge in [0, 0.05) is 11.3 Å². The van der Waals surface area contributed by atoms with E-state index in [4.69, 9.17) is 9.47 Å². The van der Waals surface area contributed by atoms with Gasteiger partial charge in [-0.2, -0.15) is 0 Å². The number of hydrazine groups is 1. The third kappa shape index (κ3) is 6.64. The molecule has 2 aromatic carbocycles. The summed E-state index contributed by atoms with van der Waals surface area (Å²) < 4.78 is 10.1. The number of carbonyl (C=O) groups is 3. The first kappa shape index (κ1) is 20.8. The van der Waals surface area contributed by atoms with Crippen LogP contribution in [0.2, 0.25) is 0 Å². The lowest BCUT2D eigenvalue weighted by atomic mass is 10.2. The molecule has 2 aromatic rings. The smallest absolute Gasteiger partial charge is 0.411 e. The molecule has 0 saturated carbocycles. The van der Waals surface area contributed by atoms with Gasteiger partial charge in [-0.1, -0.05) is 19.1 Å². The minimum absolute atomic E-state index is 0.228. The molecule has 0 aliphatic heterocycles. The molecule has 3 N–H and O–H groups in total. The molecule has 3 amide bonds. The maximum absolute atomic E-state index is 12.1. The zero-order valence-corrected chi connectivity index (χ0v) is 15.8. The fourth-order valence-corrected chi connectivity index (χ4v) is 2.19. The average Bonchev–Trinajstić information content (AvgIpc) is 2.71. The zero-order valence-electron chi connectivity index (χ0n) is 15.8. The Kier molecular flexibility index (Phi) is 7.83. The van der Waals surface area contributed by atoms with Gasteiger partial charge in [-0.25, -0.2) is 4.79 Å². The van der Waals surface area contributed by atoms with Crippen molar-refractivity contribution in [3.8, 4) is 5.75 Å². The molecule has 0 spiro atoms. The van der Waals surface area contributed by atoms with E-state index < -0.39 is 17.9 Å². The Balaban J connectivity index is 1.76. The summed E-state index contributed by atoms with van der Waals surface area (Å²) in [7, 11) is 0. The number of amides is 3. The van der Waals surface area contributed by atoms with Gasteiger partial charge in [-0.05, 0) is 55.3 Å². The van der Waals surface area contributed by atoms with Crippen LogP contribution < -0.4 is 20.9 Å². The number of hydrogen-bond donors (Lipinski definition) is 3. The van der Waals surface area contributed by atoms with Crippen molar-refractivity contribution in [1.82, 2.24) is 10.9 Å². The van der Waals surface area contributed by atoms with Crippen molar-refractivity contribution in [3.63, 3.8) is 0 Å². The Hall–Kier alpha value is -3.55. The maximum Gasteiger partial charge on any atom is 0.411 e. The monoisotopic (exact) mass is 385 g/mol. The number of hydrogen-bond acceptors (Lipinski definition) is 5. The van der Waals surface area contributed by atoms with Crippen LogP contribution in [-0.4, -0.2) is 31.1 Å². The quantitative estimate of drug-likeness (QED) is 0.636. The first-order valence-corrected chi connectivity index (χ1v) is 8.86. The van der Waals surface area contributed by atoms with Gasteiger partial charge < -0.3 is 9.47 Å². The summed E-state index contributed by atoms with van der Waals surface area (Å²) in [6.45, 7) is 3.79. The number of carbonyl (C=O) groups excluding carboxylic acids is 3. The minimum atomic E-state index is -0.573. The molecule has 28 heavy (non-hydrogen) atoms. The Morgan fingerprint density at radius 3 is 2.18 bits per heavy atom. The van der Waals surface area contributed by atoms with E-state index in [1.165, 1.54) is 17.7 Å². The van der Waals surface area contributed by atoms with Crippen LogP contribution in [0.5, 0.6) is 5.75 Å². The van der Waals surface area contributed by atoms with Crippen LogP contribution >= 0.6 is 0 Å². The largest absolute Gasteiger partial charge is 0.484 e. The van der Waals surface area contributed by atoms with Gasteiger partial charge in [0.05, 0.1) is 6.61 Å². The van der Waals surface area contributed by atoms with Crippen molar-refractivity contribution in [3.05, 3.63) is 59.7 Å². The van der Waals surface area contributed by atoms with E-state index in [1.807, 2.05) is 12.1 Å². The Morgan fingerprint density at radius 2 is 1.57 bits per heavy atom. The third-order valence-electron chi connectivity index (χ3n) is 3.69. The fourth-order valence-electron chi connectivity index (χ4n) is 2.19. The molecule has 0 heterocycles. The second kappa shape index (κ2) is 10.6. The Bertz CT molecular complexity index is 804. The predicted molar refractivity (Wildman–Crippen MR) is 104 cm³/mol. The molecule has 148 valence electrons. The van der Waals surface area contributed by atoms with E-state index >= 15 is 0 Å². The number of benzene rings is 2. The number of anilines is 1. The average molecular weight is 385 g/mol. The summed E-state index contributed by atoms with van der Waals surface area (Å²) in [5, 5.41) is 2.52. The zero-order chi connectivity index (χ0) is 20.4. The molecule has 8 heteroatoms. The third-order valence-corrected chi connectivity index (χ3v) is 3.69. The van der Waals surface area contributed by atoms with Gasteiger partial charge in [0.2, 0.25) is 0 Å². The molecule has 0 aliphatic carbocycles. The lowest BCUT2D eigenvalue weighted by Gasteiger charge is -2.10. The molecule has 0 unspecified atom stereocenters. The lowest BCUT2D eigenvalue weighted by Crippen LogP contribution is -2.43. The van der Waals surface area contributed by atoms with E-state index in [9.17, 15) is 14.4 Å². The van der Waals surface area contributed by atoms with Gasteiger partial charge in [0.1, 0.15) is 5.75 Å². The van der Waals surface area contributed by atoms with E-state index in [-0.39, 0.29) is 13.2 Å². The molecule has 0 aromatic heterocycles. The highest BCUT2D eigenvalue weighted by Crippen LogP contribution is 2.12. The summed E-state index contributed by atoms with van der Waals surface area (Å²) in [4.78, 5) is 35.2. The molecule has 0 aliphatic rings. The summed E-state index contributed by atoms with van der Waals surface area (Å²) in [6, 6.07) is 13.6. The standard InChI is InChI=1S/C20H23N3O5/c1-3-14-5-11-17(12-6-14)28-13-18(24)22-23-19(25)15-7-9-16(10-8-15)21-20(26)27-4-2/h5-12H,3-4,13H2,1-2H3,(H,21,26)(H,22,24)(H,23,25). The molecule has 0 atom stereocenters. The second-order valence-corrected chi connectivity index (χ2v) is 5.71. The maximum atomic E-state index is 12.1. The first-order chi connectivity index (χ1) is 13.5. The summed E-state index contributed by atoms with van der Waals surface area (Å²) in [6.07, 6.45) is 0.350. The topological polar surface area (TPSA) is 106 Å². The van der Waals surface area contributed by atoms with Crippen LogP contribution in [0.25, 0.3) is 0 Å². The number of nitrogens with one attached hydrogen (secondary N) is 3. The number of ether oxygens (including phenoxy) is 2. The summed E-state index contributed by atoms with van der Waals surface area (Å²) in [5.74, 6) is -0.416. The van der Waals surface area contributed by atoms with E-state index in [1.54, 1.807) is 31.2 Å². The molecular formula is C20H23N3O5. The van der Waals surface area contributed by atoms with Crippen LogP contribution in [0.15, 0.2) is 48.5 Å². The van der Waals surface area contributed by atoms with Crippen molar-refractivity contribution >= 4 is 23.6 Å². The SMILES string of the molecule is CCOC(=O)Nc1ccc(C(=O)NNC(=O)COc2ccc(CC)cc2)cc1. The van der Waals surface area contributed by atoms with E-state index in [0.29, 0.717) is 17.0 Å². The molecule has 0 bridgehead atoms. The first-order valence-electron chi connectivity index (χ1n) is 8.86. The highest BCUT2D eigenvalue weighted by molar-refractivity contribution is 5.96. The van der Waals surface area contributed by atoms with Crippen molar-refractivity contribution in [2.75, 3.05) is 18.5 Å². The summed E-state index contributed by atoms with van der Waals surface area (Å²) >= 11 is 0. The van der Waals surface area contributed by atoms with Crippen molar-refractivity contribution in [2.45, 2.75) is 20.3 Å². The normalized spacial score (nSPS) is 9.93. The van der Waals surface area contributed by atoms with Gasteiger partial charge in [0.15, 0.2) is 6.61 Å². The predicted octanol–water partition coefficient (Wildman–Crippen LogP) is 2.66. The molecule has 0 saturated heterocycles. The summed E-state index contributed by atoms with van der Waals surface area (Å²) in [5.41, 5.74) is 6.56. The highest BCUT2D eigenvalue weighted by Gasteiger charge is 2.09. The molecular weight excluding hydrogens is 362 g/mol. The fraction of sp³-hybridized carbons (Fsp3) is 0.250. The van der Waals surface area contributed by atoms with Gasteiger partial charge in [-0.3, -0.25) is 25.8 Å². The van der Waals surface area contributed by atoms with Crippen molar-refractivity contribution < 1.29 is 23.9 Å². The molecule has 0 fully saturated rings. The number of aryl methyl sites for hydroxylation is 1. The second-order valence-electron chi connectivity index (χ2n) is 5.71. The molecule has 0 radical (unpaired) electrons. The van der Waals surface area contributed by atoms with Crippen LogP contribution in [0, 0.1) is 0 Å². The number of rotatable bonds is 7. The van der Waals surface area contributed by atoms with Crippen LogP contribution in [0.4, 0.5) is 10.5 Å². The van der Waals surface area contributed by atoms with Crippen molar-refractivity contribution in [2.24, 2.45) is 0 Å². The van der Waals surface area contributed by atoms with E-state index in [0.717, 1.165) is 6.42 Å². The minimum Gasteiger partial charge on any atom is -0.484 e. The lowest BCUT2D eigenvalue weighted by molar-refractivity contribution is -0.123. The van der Waals surface area contributed by atoms with E-state index in [2.05, 4.69) is 23.1 Å². The van der Waals surface area contributed by atoms with Crippen molar-refractivity contribution in [1.29, 1.82) is 0 Å². The molecule has 2 rings (SSSR count). The van der Waals surface area contributed by atoms with Gasteiger partial charge in [0.25, 0.3) is 11.8 Å². The highest BCUT2D eigenvalue weighted by atomic mass is 16.5. The van der Waals surface area contributed by atoms with Crippen LogP contribution in [-0.2, 0) is 16.0 Å². The van der Waals surface area contributed by atoms with Crippen LogP contribution in [0.3, 0.4) is 0 Å². The molecule has 8 nitrogen and oxygen atoms in total. The van der Waals surface area contributed by atoms with Gasteiger partial charge in [-0.15, -0.1) is 0 Å². The Morgan fingerprint density at radius 1 is 0.893 bits per heavy atom.